The van der Waals surface area contributed by atoms with Gasteiger partial charge in [0.25, 0.3) is 11.2 Å². The minimum Gasteiger partial charge on any atom is -0.505 e. The quantitative estimate of drug-likeness (QED) is 0.461. The fraction of sp³-hybridized carbons (Fsp3) is 0. The lowest BCUT2D eigenvalue weighted by molar-refractivity contribution is -0.383. The molecule has 0 atom stereocenters. The van der Waals surface area contributed by atoms with Crippen LogP contribution in [0.1, 0.15) is 0 Å². The van der Waals surface area contributed by atoms with E-state index in [4.69, 9.17) is 0 Å². The van der Waals surface area contributed by atoms with Gasteiger partial charge in [-0.2, -0.15) is 0 Å². The second-order valence-electron chi connectivity index (χ2n) is 3.44. The van der Waals surface area contributed by atoms with Crippen LogP contribution in [0.3, 0.4) is 0 Å². The molecule has 0 spiro atoms. The Kier molecular flexibility index (Phi) is 3.37. The third-order valence-electron chi connectivity index (χ3n) is 2.39. The maximum atomic E-state index is 11.5. The Bertz CT molecular complexity index is 786. The average Bonchev–Trinajstić information content (AvgIpc) is 2.32. The number of fused-ring (bicyclic) bond motifs is 1. The molecule has 0 radical (unpaired) electrons. The van der Waals surface area contributed by atoms with E-state index in [-0.39, 0.29) is 15.4 Å². The first kappa shape index (κ1) is 13.6. The van der Waals surface area contributed by atoms with Gasteiger partial charge in [0.15, 0.2) is 5.75 Å². The summed E-state index contributed by atoms with van der Waals surface area (Å²) >= 11 is 6.08. The lowest BCUT2D eigenvalue weighted by Crippen LogP contribution is -2.06. The molecule has 2 aromatic rings. The van der Waals surface area contributed by atoms with Crippen LogP contribution in [0.2, 0.25) is 0 Å². The summed E-state index contributed by atoms with van der Waals surface area (Å²) in [4.78, 5) is 34.5. The number of H-pyrrole nitrogens is 1. The molecular weight excluding hydrogens is 390 g/mol. The van der Waals surface area contributed by atoms with Crippen LogP contribution >= 0.6 is 31.9 Å². The summed E-state index contributed by atoms with van der Waals surface area (Å²) in [5.41, 5.74) is -2.20. The molecule has 0 amide bonds. The monoisotopic (exact) mass is 391 g/mol. The Morgan fingerprint density at radius 2 is 2.05 bits per heavy atom. The number of nitrogens with one attached hydrogen (secondary N) is 1. The molecule has 1 heterocycles. The van der Waals surface area contributed by atoms with Gasteiger partial charge in [0.2, 0.25) is 5.69 Å². The number of pyridine rings is 1. The van der Waals surface area contributed by atoms with E-state index in [1.54, 1.807) is 0 Å². The molecular formula is C9H3Br2N3O5. The maximum absolute atomic E-state index is 11.5. The Hall–Kier alpha value is -1.81. The Balaban J connectivity index is 3.15. The molecule has 0 fully saturated rings. The molecule has 2 rings (SSSR count). The van der Waals surface area contributed by atoms with Crippen LogP contribution in [0.25, 0.3) is 10.9 Å². The first-order valence-electron chi connectivity index (χ1n) is 4.63. The van der Waals surface area contributed by atoms with E-state index in [2.05, 4.69) is 42.0 Å². The zero-order valence-electron chi connectivity index (χ0n) is 8.81. The van der Waals surface area contributed by atoms with Gasteiger partial charge in [0, 0.05) is 4.47 Å². The van der Waals surface area contributed by atoms with Crippen molar-refractivity contribution in [2.45, 2.75) is 0 Å². The molecule has 8 nitrogen and oxygen atoms in total. The third-order valence-corrected chi connectivity index (χ3v) is 4.35. The predicted molar refractivity (Wildman–Crippen MR) is 73.7 cm³/mol. The number of aromatic nitrogens is 1. The van der Waals surface area contributed by atoms with Gasteiger partial charge >= 0.3 is 0 Å². The number of benzene rings is 1. The van der Waals surface area contributed by atoms with Crippen molar-refractivity contribution >= 4 is 54.1 Å². The summed E-state index contributed by atoms with van der Waals surface area (Å²) < 4.78 is 0.387. The number of nitro groups is 1. The summed E-state index contributed by atoms with van der Waals surface area (Å²) in [7, 11) is 0. The first-order valence-corrected chi connectivity index (χ1v) is 6.21. The minimum atomic E-state index is -0.927. The van der Waals surface area contributed by atoms with Crippen molar-refractivity contribution in [3.8, 4) is 5.75 Å². The number of halogens is 2. The van der Waals surface area contributed by atoms with Gasteiger partial charge < -0.3 is 10.1 Å². The van der Waals surface area contributed by atoms with E-state index in [1.807, 2.05) is 0 Å². The molecule has 19 heavy (non-hydrogen) atoms. The number of hydrogen-bond acceptors (Lipinski definition) is 6. The second-order valence-corrected chi connectivity index (χ2v) is 5.09. The van der Waals surface area contributed by atoms with Crippen LogP contribution in [0.5, 0.6) is 5.75 Å². The number of nitrogens with zero attached hydrogens (tertiary/aromatic N) is 2. The van der Waals surface area contributed by atoms with Crippen LogP contribution in [0, 0.1) is 15.0 Å². The van der Waals surface area contributed by atoms with Crippen molar-refractivity contribution in [2.24, 2.45) is 5.18 Å². The van der Waals surface area contributed by atoms with Gasteiger partial charge in [-0.3, -0.25) is 14.9 Å². The highest BCUT2D eigenvalue weighted by Gasteiger charge is 2.26. The molecule has 0 aliphatic rings. The number of aromatic hydroxyl groups is 1. The summed E-state index contributed by atoms with van der Waals surface area (Å²) in [6.45, 7) is 0. The highest BCUT2D eigenvalue weighted by molar-refractivity contribution is 9.13. The zero-order valence-corrected chi connectivity index (χ0v) is 12.0. The molecule has 0 bridgehead atoms. The molecule has 2 N–H and O–H groups in total. The fourth-order valence-electron chi connectivity index (χ4n) is 1.61. The molecule has 0 saturated heterocycles. The first-order chi connectivity index (χ1) is 8.88. The van der Waals surface area contributed by atoms with E-state index in [0.29, 0.717) is 4.47 Å². The topological polar surface area (TPSA) is 126 Å². The van der Waals surface area contributed by atoms with Crippen molar-refractivity contribution in [1.82, 2.24) is 4.98 Å². The van der Waals surface area contributed by atoms with Gasteiger partial charge in [-0.05, 0) is 43.1 Å². The van der Waals surface area contributed by atoms with Crippen LogP contribution in [0.4, 0.5) is 11.4 Å². The lowest BCUT2D eigenvalue weighted by Gasteiger charge is -2.06. The molecule has 0 saturated carbocycles. The summed E-state index contributed by atoms with van der Waals surface area (Å²) in [6.07, 6.45) is 0. The van der Waals surface area contributed by atoms with Crippen molar-refractivity contribution in [1.29, 1.82) is 0 Å². The largest absolute Gasteiger partial charge is 0.505 e. The number of rotatable bonds is 2. The molecule has 98 valence electrons. The van der Waals surface area contributed by atoms with Crippen LogP contribution < -0.4 is 5.56 Å². The van der Waals surface area contributed by atoms with Crippen molar-refractivity contribution in [3.63, 3.8) is 0 Å². The SMILES string of the molecule is O=Nc1c(O)c2c([N+](=O)[O-])c(Br)c(Br)cc2[nH]c1=O. The molecule has 1 aromatic heterocycles. The standard InChI is InChI=1S/C9H3Br2N3O5/c10-2-1-3-4(7(5(2)11)14(18)19)8(15)6(13-17)9(16)12-3/h1H,(H2,12,15,16). The van der Waals surface area contributed by atoms with Crippen LogP contribution in [-0.2, 0) is 0 Å². The van der Waals surface area contributed by atoms with Crippen molar-refractivity contribution in [3.05, 3.63) is 40.4 Å². The van der Waals surface area contributed by atoms with Gasteiger partial charge in [0.05, 0.1) is 10.4 Å². The number of hydrogen-bond donors (Lipinski definition) is 2. The van der Waals surface area contributed by atoms with Crippen molar-refractivity contribution in [2.75, 3.05) is 0 Å². The van der Waals surface area contributed by atoms with Gasteiger partial charge in [-0.15, -0.1) is 4.91 Å². The number of nitro benzene ring substituents is 1. The summed E-state index contributed by atoms with van der Waals surface area (Å²) in [5, 5.41) is 23.0. The zero-order chi connectivity index (χ0) is 14.3. The maximum Gasteiger partial charge on any atom is 0.297 e. The Labute approximate surface area is 120 Å². The number of nitroso groups, excluding NO2 is 1. The van der Waals surface area contributed by atoms with E-state index in [9.17, 15) is 24.9 Å². The van der Waals surface area contributed by atoms with E-state index < -0.39 is 27.6 Å². The summed E-state index contributed by atoms with van der Waals surface area (Å²) in [5.74, 6) is -0.825. The fourth-order valence-corrected chi connectivity index (χ4v) is 2.49. The molecule has 0 unspecified atom stereocenters. The highest BCUT2D eigenvalue weighted by atomic mass is 79.9. The molecule has 0 aliphatic carbocycles. The van der Waals surface area contributed by atoms with Crippen molar-refractivity contribution < 1.29 is 10.0 Å². The molecule has 1 aromatic carbocycles. The summed E-state index contributed by atoms with van der Waals surface area (Å²) in [6, 6.07) is 1.36. The van der Waals surface area contributed by atoms with Gasteiger partial charge in [-0.1, -0.05) is 0 Å². The van der Waals surface area contributed by atoms with E-state index in [1.165, 1.54) is 6.07 Å². The number of aromatic amines is 1. The third kappa shape index (κ3) is 2.02. The van der Waals surface area contributed by atoms with E-state index in [0.717, 1.165) is 0 Å². The van der Waals surface area contributed by atoms with Crippen LogP contribution in [-0.4, -0.2) is 15.0 Å². The highest BCUT2D eigenvalue weighted by Crippen LogP contribution is 2.43. The molecule has 0 aliphatic heterocycles. The molecule has 10 heteroatoms. The second kappa shape index (κ2) is 4.70. The van der Waals surface area contributed by atoms with Gasteiger partial charge in [-0.25, -0.2) is 0 Å². The van der Waals surface area contributed by atoms with Gasteiger partial charge in [0.1, 0.15) is 9.86 Å². The lowest BCUT2D eigenvalue weighted by atomic mass is 10.1. The van der Waals surface area contributed by atoms with Crippen LogP contribution in [0.15, 0.2) is 25.0 Å². The Morgan fingerprint density at radius 1 is 1.42 bits per heavy atom. The minimum absolute atomic E-state index is 0.0108. The normalized spacial score (nSPS) is 10.6. The predicted octanol–water partition coefficient (Wildman–Crippen LogP) is 3.06. The van der Waals surface area contributed by atoms with E-state index >= 15 is 0 Å². The Morgan fingerprint density at radius 3 is 2.58 bits per heavy atom. The smallest absolute Gasteiger partial charge is 0.297 e. The average molecular weight is 393 g/mol.